The Kier molecular flexibility index (Phi) is 7.35. The summed E-state index contributed by atoms with van der Waals surface area (Å²) >= 11 is 0. The molecule has 1 atom stereocenters. The third-order valence-corrected chi connectivity index (χ3v) is 7.52. The summed E-state index contributed by atoms with van der Waals surface area (Å²) in [6.07, 6.45) is 3.45. The Morgan fingerprint density at radius 1 is 0.946 bits per heavy atom. The third-order valence-electron chi connectivity index (χ3n) is 7.52. The van der Waals surface area contributed by atoms with E-state index in [4.69, 9.17) is 9.47 Å². The quantitative estimate of drug-likeness (QED) is 0.343. The van der Waals surface area contributed by atoms with E-state index >= 15 is 0 Å². The molecule has 0 unspecified atom stereocenters. The summed E-state index contributed by atoms with van der Waals surface area (Å²) < 4.78 is 11.1. The molecule has 4 aromatic rings. The van der Waals surface area contributed by atoms with Gasteiger partial charge in [-0.1, -0.05) is 49.4 Å². The van der Waals surface area contributed by atoms with Gasteiger partial charge < -0.3 is 24.3 Å². The molecule has 0 saturated carbocycles. The number of hydrogen-bond acceptors (Lipinski definition) is 4. The van der Waals surface area contributed by atoms with E-state index in [9.17, 15) is 4.79 Å². The van der Waals surface area contributed by atoms with Gasteiger partial charge in [-0.05, 0) is 47.4 Å². The Labute approximate surface area is 218 Å². The van der Waals surface area contributed by atoms with Gasteiger partial charge in [0, 0.05) is 55.6 Å². The summed E-state index contributed by atoms with van der Waals surface area (Å²) in [5.74, 6) is 1.77. The number of aryl methyl sites for hydroxylation is 1. The van der Waals surface area contributed by atoms with Crippen molar-refractivity contribution in [2.75, 3.05) is 45.3 Å². The number of para-hydroxylation sites is 3. The van der Waals surface area contributed by atoms with Crippen LogP contribution in [-0.2, 0) is 11.2 Å². The lowest BCUT2D eigenvalue weighted by Crippen LogP contribution is -2.49. The summed E-state index contributed by atoms with van der Waals surface area (Å²) in [5, 5.41) is 1.18. The lowest BCUT2D eigenvalue weighted by Gasteiger charge is -2.37. The van der Waals surface area contributed by atoms with Crippen LogP contribution in [0.25, 0.3) is 10.9 Å². The molecule has 1 aliphatic rings. The van der Waals surface area contributed by atoms with Crippen LogP contribution in [0.5, 0.6) is 11.5 Å². The second kappa shape index (κ2) is 11.0. The maximum absolute atomic E-state index is 13.7. The zero-order valence-electron chi connectivity index (χ0n) is 21.9. The third kappa shape index (κ3) is 5.01. The number of hydrogen-bond donors (Lipinski definition) is 1. The first-order chi connectivity index (χ1) is 18.1. The van der Waals surface area contributed by atoms with E-state index in [0.717, 1.165) is 53.3 Å². The van der Waals surface area contributed by atoms with E-state index in [1.165, 1.54) is 10.9 Å². The van der Waals surface area contributed by atoms with E-state index in [1.807, 2.05) is 35.2 Å². The molecule has 0 bridgehead atoms. The summed E-state index contributed by atoms with van der Waals surface area (Å²) in [7, 11) is 3.38. The van der Waals surface area contributed by atoms with Crippen LogP contribution in [0.15, 0.2) is 72.9 Å². The SMILES string of the molecule is CCc1cccc2c([C@@H](CC(=O)N3CCN(c4ccccc4OC)CC3)c3cccc(OC)c3)c[nH]c12. The smallest absolute Gasteiger partial charge is 0.223 e. The molecule has 1 saturated heterocycles. The summed E-state index contributed by atoms with van der Waals surface area (Å²) in [5.41, 5.74) is 5.76. The van der Waals surface area contributed by atoms with Gasteiger partial charge in [0.2, 0.25) is 5.91 Å². The molecule has 1 aliphatic heterocycles. The van der Waals surface area contributed by atoms with Crippen molar-refractivity contribution >= 4 is 22.5 Å². The van der Waals surface area contributed by atoms with Gasteiger partial charge in [0.1, 0.15) is 11.5 Å². The van der Waals surface area contributed by atoms with Crippen LogP contribution < -0.4 is 14.4 Å². The fraction of sp³-hybridized carbons (Fsp3) is 0.323. The number of ether oxygens (including phenoxy) is 2. The second-order valence-electron chi connectivity index (χ2n) is 9.51. The van der Waals surface area contributed by atoms with E-state index < -0.39 is 0 Å². The molecule has 2 heterocycles. The van der Waals surface area contributed by atoms with Crippen molar-refractivity contribution in [3.8, 4) is 11.5 Å². The molecule has 1 aromatic heterocycles. The molecule has 1 fully saturated rings. The maximum atomic E-state index is 13.7. The number of fused-ring (bicyclic) bond motifs is 1. The number of benzene rings is 3. The number of aromatic nitrogens is 1. The van der Waals surface area contributed by atoms with Crippen molar-refractivity contribution in [3.05, 3.63) is 89.6 Å². The molecule has 0 aliphatic carbocycles. The highest BCUT2D eigenvalue weighted by Crippen LogP contribution is 2.36. The minimum absolute atomic E-state index is 0.0734. The first-order valence-electron chi connectivity index (χ1n) is 13.0. The predicted molar refractivity (Wildman–Crippen MR) is 149 cm³/mol. The lowest BCUT2D eigenvalue weighted by atomic mass is 9.87. The van der Waals surface area contributed by atoms with E-state index in [2.05, 4.69) is 59.4 Å². The zero-order chi connectivity index (χ0) is 25.8. The number of carbonyl (C=O) groups is 1. The minimum atomic E-state index is -0.0734. The molecule has 3 aromatic carbocycles. The van der Waals surface area contributed by atoms with Crippen LogP contribution in [0.4, 0.5) is 5.69 Å². The van der Waals surface area contributed by atoms with Crippen molar-refractivity contribution in [2.45, 2.75) is 25.7 Å². The largest absolute Gasteiger partial charge is 0.497 e. The van der Waals surface area contributed by atoms with Gasteiger partial charge in [0.05, 0.1) is 19.9 Å². The Bertz CT molecular complexity index is 1370. The Morgan fingerprint density at radius 2 is 1.73 bits per heavy atom. The number of methoxy groups -OCH3 is 2. The van der Waals surface area contributed by atoms with Crippen molar-refractivity contribution in [3.63, 3.8) is 0 Å². The standard InChI is InChI=1S/C31H35N3O3/c1-4-22-9-8-12-25-27(21-32-31(22)25)26(23-10-7-11-24(19-23)36-2)20-30(35)34-17-15-33(16-18-34)28-13-5-6-14-29(28)37-3/h5-14,19,21,26,32H,4,15-18,20H2,1-3H3/t26-/m0/s1. The first kappa shape index (κ1) is 24.8. The van der Waals surface area contributed by atoms with Gasteiger partial charge in [0.15, 0.2) is 0 Å². The van der Waals surface area contributed by atoms with Crippen LogP contribution in [0.3, 0.4) is 0 Å². The lowest BCUT2D eigenvalue weighted by molar-refractivity contribution is -0.131. The fourth-order valence-electron chi connectivity index (χ4n) is 5.48. The summed E-state index contributed by atoms with van der Waals surface area (Å²) in [6, 6.07) is 22.6. The van der Waals surface area contributed by atoms with Crippen LogP contribution in [-0.4, -0.2) is 56.2 Å². The number of H-pyrrole nitrogens is 1. The Morgan fingerprint density at radius 3 is 2.49 bits per heavy atom. The fourth-order valence-corrected chi connectivity index (χ4v) is 5.48. The number of nitrogens with zero attached hydrogens (tertiary/aromatic N) is 2. The average molecular weight is 498 g/mol. The summed E-state index contributed by atoms with van der Waals surface area (Å²) in [6.45, 7) is 5.11. The van der Waals surface area contributed by atoms with Crippen LogP contribution in [0.1, 0.15) is 36.0 Å². The van der Waals surface area contributed by atoms with E-state index in [0.29, 0.717) is 19.5 Å². The molecule has 6 nitrogen and oxygen atoms in total. The van der Waals surface area contributed by atoms with Crippen LogP contribution in [0, 0.1) is 0 Å². The Balaban J connectivity index is 1.39. The highest BCUT2D eigenvalue weighted by molar-refractivity contribution is 5.88. The Hall–Kier alpha value is -3.93. The molecular weight excluding hydrogens is 462 g/mol. The molecule has 1 amide bonds. The molecule has 6 heteroatoms. The van der Waals surface area contributed by atoms with Gasteiger partial charge in [-0.15, -0.1) is 0 Å². The van der Waals surface area contributed by atoms with Gasteiger partial charge in [-0.3, -0.25) is 4.79 Å². The maximum Gasteiger partial charge on any atom is 0.223 e. The van der Waals surface area contributed by atoms with Crippen molar-refractivity contribution < 1.29 is 14.3 Å². The molecular formula is C31H35N3O3. The number of aromatic amines is 1. The highest BCUT2D eigenvalue weighted by Gasteiger charge is 2.28. The number of amides is 1. The van der Waals surface area contributed by atoms with Gasteiger partial charge in [-0.2, -0.15) is 0 Å². The molecule has 192 valence electrons. The minimum Gasteiger partial charge on any atom is -0.497 e. The molecule has 0 spiro atoms. The average Bonchev–Trinajstić information content (AvgIpc) is 3.40. The van der Waals surface area contributed by atoms with Crippen LogP contribution >= 0.6 is 0 Å². The summed E-state index contributed by atoms with van der Waals surface area (Å²) in [4.78, 5) is 21.5. The molecule has 5 rings (SSSR count). The normalized spacial score (nSPS) is 14.6. The first-order valence-corrected chi connectivity index (χ1v) is 13.0. The second-order valence-corrected chi connectivity index (χ2v) is 9.51. The zero-order valence-corrected chi connectivity index (χ0v) is 21.9. The number of rotatable bonds is 8. The molecule has 1 N–H and O–H groups in total. The monoisotopic (exact) mass is 497 g/mol. The van der Waals surface area contributed by atoms with Crippen molar-refractivity contribution in [1.82, 2.24) is 9.88 Å². The van der Waals surface area contributed by atoms with Crippen LogP contribution in [0.2, 0.25) is 0 Å². The van der Waals surface area contributed by atoms with Gasteiger partial charge in [0.25, 0.3) is 0 Å². The van der Waals surface area contributed by atoms with E-state index in [1.54, 1.807) is 14.2 Å². The van der Waals surface area contributed by atoms with Gasteiger partial charge in [-0.25, -0.2) is 0 Å². The highest BCUT2D eigenvalue weighted by atomic mass is 16.5. The number of anilines is 1. The molecule has 37 heavy (non-hydrogen) atoms. The van der Waals surface area contributed by atoms with E-state index in [-0.39, 0.29) is 11.8 Å². The molecule has 0 radical (unpaired) electrons. The van der Waals surface area contributed by atoms with Crippen molar-refractivity contribution in [2.24, 2.45) is 0 Å². The topological polar surface area (TPSA) is 57.8 Å². The number of nitrogens with one attached hydrogen (secondary N) is 1. The number of carbonyl (C=O) groups excluding carboxylic acids is 1. The predicted octanol–water partition coefficient (Wildman–Crippen LogP) is 5.62. The van der Waals surface area contributed by atoms with Crippen molar-refractivity contribution in [1.29, 1.82) is 0 Å². The van der Waals surface area contributed by atoms with Gasteiger partial charge >= 0.3 is 0 Å². The number of piperazine rings is 1.